The first-order chi connectivity index (χ1) is 9.63. The monoisotopic (exact) mass is 325 g/mol. The van der Waals surface area contributed by atoms with Crippen LogP contribution in [0.15, 0.2) is 53.4 Å². The lowest BCUT2D eigenvalue weighted by atomic mass is 10.0. The molecule has 0 aliphatic rings. The van der Waals surface area contributed by atoms with Crippen molar-refractivity contribution in [2.75, 3.05) is 0 Å². The Kier molecular flexibility index (Phi) is 5.79. The van der Waals surface area contributed by atoms with Gasteiger partial charge in [-0.15, -0.1) is 11.8 Å². The van der Waals surface area contributed by atoms with Crippen molar-refractivity contribution in [2.24, 2.45) is 5.73 Å². The number of rotatable bonds is 5. The van der Waals surface area contributed by atoms with Crippen LogP contribution in [0.2, 0.25) is 10.0 Å². The molecule has 0 fully saturated rings. The van der Waals surface area contributed by atoms with Gasteiger partial charge in [0.1, 0.15) is 0 Å². The summed E-state index contributed by atoms with van der Waals surface area (Å²) >= 11 is 14.2. The minimum Gasteiger partial charge on any atom is -0.326 e. The van der Waals surface area contributed by atoms with E-state index in [1.165, 1.54) is 0 Å². The van der Waals surface area contributed by atoms with Crippen LogP contribution < -0.4 is 5.73 Å². The highest BCUT2D eigenvalue weighted by atomic mass is 35.5. The third kappa shape index (κ3) is 3.70. The molecule has 4 heteroatoms. The molecule has 0 aliphatic carbocycles. The van der Waals surface area contributed by atoms with E-state index in [4.69, 9.17) is 28.9 Å². The molecule has 0 radical (unpaired) electrons. The Morgan fingerprint density at radius 3 is 2.20 bits per heavy atom. The molecule has 2 unspecified atom stereocenters. The lowest BCUT2D eigenvalue weighted by Gasteiger charge is -2.24. The van der Waals surface area contributed by atoms with E-state index in [0.29, 0.717) is 0 Å². The van der Waals surface area contributed by atoms with Gasteiger partial charge in [0.2, 0.25) is 0 Å². The highest BCUT2D eigenvalue weighted by Crippen LogP contribution is 2.42. The summed E-state index contributed by atoms with van der Waals surface area (Å²) in [4.78, 5) is 1.03. The predicted octanol–water partition coefficient (Wildman–Crippen LogP) is 5.56. The van der Waals surface area contributed by atoms with Gasteiger partial charge in [-0.05, 0) is 30.2 Å². The molecule has 0 bridgehead atoms. The topological polar surface area (TPSA) is 26.0 Å². The Balaban J connectivity index is 2.35. The molecule has 2 rings (SSSR count). The van der Waals surface area contributed by atoms with Gasteiger partial charge in [-0.3, -0.25) is 0 Å². The van der Waals surface area contributed by atoms with E-state index in [0.717, 1.165) is 26.9 Å². The van der Waals surface area contributed by atoms with Gasteiger partial charge in [-0.2, -0.15) is 0 Å². The third-order valence-corrected chi connectivity index (χ3v) is 5.42. The number of halogens is 2. The van der Waals surface area contributed by atoms with Crippen molar-refractivity contribution in [3.8, 4) is 0 Å². The molecule has 0 amide bonds. The van der Waals surface area contributed by atoms with Crippen molar-refractivity contribution >= 4 is 35.0 Å². The molecular weight excluding hydrogens is 309 g/mol. The highest BCUT2D eigenvalue weighted by molar-refractivity contribution is 7.99. The van der Waals surface area contributed by atoms with Crippen LogP contribution in [-0.4, -0.2) is 6.04 Å². The van der Waals surface area contributed by atoms with Crippen LogP contribution in [0.1, 0.15) is 24.2 Å². The quantitative estimate of drug-likeness (QED) is 0.728. The van der Waals surface area contributed by atoms with Gasteiger partial charge < -0.3 is 5.73 Å². The van der Waals surface area contributed by atoms with Crippen LogP contribution in [0.5, 0.6) is 0 Å². The molecular formula is C16H17Cl2NS. The maximum absolute atomic E-state index is 6.32. The van der Waals surface area contributed by atoms with Crippen molar-refractivity contribution in [2.45, 2.75) is 29.5 Å². The molecule has 2 atom stereocenters. The number of benzene rings is 2. The lowest BCUT2D eigenvalue weighted by molar-refractivity contribution is 0.634. The summed E-state index contributed by atoms with van der Waals surface area (Å²) in [5.74, 6) is 0. The zero-order chi connectivity index (χ0) is 14.5. The second-order valence-corrected chi connectivity index (χ2v) is 6.56. The maximum atomic E-state index is 6.32. The van der Waals surface area contributed by atoms with E-state index >= 15 is 0 Å². The number of nitrogens with two attached hydrogens (primary N) is 1. The van der Waals surface area contributed by atoms with Crippen LogP contribution in [0.3, 0.4) is 0 Å². The van der Waals surface area contributed by atoms with Crippen molar-refractivity contribution in [3.63, 3.8) is 0 Å². The summed E-state index contributed by atoms with van der Waals surface area (Å²) in [6.45, 7) is 2.08. The molecule has 2 aromatic rings. The molecule has 0 saturated carbocycles. The molecule has 2 N–H and O–H groups in total. The highest BCUT2D eigenvalue weighted by Gasteiger charge is 2.22. The smallest absolute Gasteiger partial charge is 0.0542 e. The van der Waals surface area contributed by atoms with E-state index in [2.05, 4.69) is 6.92 Å². The van der Waals surface area contributed by atoms with E-state index in [9.17, 15) is 0 Å². The van der Waals surface area contributed by atoms with Gasteiger partial charge >= 0.3 is 0 Å². The van der Waals surface area contributed by atoms with E-state index in [-0.39, 0.29) is 11.3 Å². The number of hydrogen-bond donors (Lipinski definition) is 1. The van der Waals surface area contributed by atoms with Gasteiger partial charge in [-0.1, -0.05) is 60.5 Å². The molecule has 106 valence electrons. The van der Waals surface area contributed by atoms with Gasteiger partial charge in [0, 0.05) is 16.0 Å². The van der Waals surface area contributed by atoms with Gasteiger partial charge in [0.05, 0.1) is 10.3 Å². The predicted molar refractivity (Wildman–Crippen MR) is 89.8 cm³/mol. The fourth-order valence-electron chi connectivity index (χ4n) is 1.98. The second kappa shape index (κ2) is 7.37. The molecule has 0 aliphatic heterocycles. The van der Waals surface area contributed by atoms with Crippen LogP contribution in [-0.2, 0) is 0 Å². The Morgan fingerprint density at radius 2 is 1.60 bits per heavy atom. The van der Waals surface area contributed by atoms with Crippen LogP contribution in [0, 0.1) is 0 Å². The first-order valence-corrected chi connectivity index (χ1v) is 8.18. The van der Waals surface area contributed by atoms with Gasteiger partial charge in [0.15, 0.2) is 0 Å². The summed E-state index contributed by atoms with van der Waals surface area (Å²) in [5, 5.41) is 1.59. The fraction of sp³-hybridized carbons (Fsp3) is 0.250. The van der Waals surface area contributed by atoms with Gasteiger partial charge in [-0.25, -0.2) is 0 Å². The van der Waals surface area contributed by atoms with E-state index in [1.54, 1.807) is 11.8 Å². The lowest BCUT2D eigenvalue weighted by Crippen LogP contribution is -2.25. The zero-order valence-electron chi connectivity index (χ0n) is 11.2. The summed E-state index contributed by atoms with van der Waals surface area (Å²) < 4.78 is 0. The minimum atomic E-state index is 0.0242. The summed E-state index contributed by atoms with van der Waals surface area (Å²) in [6, 6.07) is 15.7. The molecule has 0 aromatic heterocycles. The molecule has 20 heavy (non-hydrogen) atoms. The average molecular weight is 326 g/mol. The standard InChI is InChI=1S/C16H17Cl2NS/c1-2-14(19)16(11-7-3-4-8-12(11)17)20-15-10-6-5-9-13(15)18/h3-10,14,16H,2,19H2,1H3. The fourth-order valence-corrected chi connectivity index (χ4v) is 3.88. The summed E-state index contributed by atoms with van der Waals surface area (Å²) in [5.41, 5.74) is 7.36. The Labute approximate surface area is 134 Å². The average Bonchev–Trinajstić information content (AvgIpc) is 2.47. The molecule has 0 spiro atoms. The molecule has 1 nitrogen and oxygen atoms in total. The van der Waals surface area contributed by atoms with Crippen molar-refractivity contribution in [1.29, 1.82) is 0 Å². The number of thioether (sulfide) groups is 1. The largest absolute Gasteiger partial charge is 0.326 e. The Bertz CT molecular complexity index is 574. The zero-order valence-corrected chi connectivity index (χ0v) is 13.6. The third-order valence-electron chi connectivity index (χ3n) is 3.16. The Morgan fingerprint density at radius 1 is 1.00 bits per heavy atom. The van der Waals surface area contributed by atoms with Crippen LogP contribution in [0.4, 0.5) is 0 Å². The first-order valence-electron chi connectivity index (χ1n) is 6.54. The van der Waals surface area contributed by atoms with Crippen molar-refractivity contribution in [1.82, 2.24) is 0 Å². The SMILES string of the molecule is CCC(N)C(Sc1ccccc1Cl)c1ccccc1Cl. The van der Waals surface area contributed by atoms with Crippen molar-refractivity contribution < 1.29 is 0 Å². The summed E-state index contributed by atoms with van der Waals surface area (Å²) in [7, 11) is 0. The minimum absolute atomic E-state index is 0.0242. The van der Waals surface area contributed by atoms with Gasteiger partial charge in [0.25, 0.3) is 0 Å². The second-order valence-electron chi connectivity index (χ2n) is 4.56. The first kappa shape index (κ1) is 15.7. The van der Waals surface area contributed by atoms with Crippen molar-refractivity contribution in [3.05, 3.63) is 64.1 Å². The van der Waals surface area contributed by atoms with Crippen LogP contribution in [0.25, 0.3) is 0 Å². The van der Waals surface area contributed by atoms with Crippen LogP contribution >= 0.6 is 35.0 Å². The molecule has 2 aromatic carbocycles. The molecule has 0 saturated heterocycles. The number of hydrogen-bond acceptors (Lipinski definition) is 2. The van der Waals surface area contributed by atoms with E-state index < -0.39 is 0 Å². The van der Waals surface area contributed by atoms with E-state index in [1.807, 2.05) is 48.5 Å². The maximum Gasteiger partial charge on any atom is 0.0542 e. The molecule has 0 heterocycles. The summed E-state index contributed by atoms with van der Waals surface area (Å²) in [6.07, 6.45) is 0.882. The Hall–Kier alpha value is -0.670. The normalized spacial score (nSPS) is 14.0.